The molecular formula is C22H32O. The molecule has 1 atom stereocenters. The quantitative estimate of drug-likeness (QED) is 0.499. The van der Waals surface area contributed by atoms with Crippen LogP contribution in [0.2, 0.25) is 0 Å². The van der Waals surface area contributed by atoms with E-state index < -0.39 is 0 Å². The van der Waals surface area contributed by atoms with Crippen molar-refractivity contribution < 1.29 is 4.74 Å². The van der Waals surface area contributed by atoms with Gasteiger partial charge in [0.15, 0.2) is 0 Å². The molecular weight excluding hydrogens is 280 g/mol. The van der Waals surface area contributed by atoms with Gasteiger partial charge >= 0.3 is 0 Å². The zero-order valence-corrected chi connectivity index (χ0v) is 15.3. The summed E-state index contributed by atoms with van der Waals surface area (Å²) in [5.41, 5.74) is 6.77. The van der Waals surface area contributed by atoms with E-state index in [9.17, 15) is 0 Å². The third-order valence-corrected chi connectivity index (χ3v) is 4.70. The maximum atomic E-state index is 6.06. The number of hydrogen-bond acceptors (Lipinski definition) is 1. The van der Waals surface area contributed by atoms with Gasteiger partial charge in [0.25, 0.3) is 0 Å². The van der Waals surface area contributed by atoms with Crippen LogP contribution < -0.4 is 0 Å². The standard InChI is InChI=1S/C22H32O/c1-5-6-7-8-9-10-11-20-12-13-21(23-16-20)22-18(3)14-17(2)15-19(22)4/h10-11,14-16,21H,5-9,12-13H2,1-4H3/b11-10+. The van der Waals surface area contributed by atoms with Gasteiger partial charge in [-0.25, -0.2) is 0 Å². The molecule has 2 rings (SSSR count). The first-order valence-electron chi connectivity index (χ1n) is 9.20. The molecule has 1 heteroatoms. The van der Waals surface area contributed by atoms with E-state index >= 15 is 0 Å². The van der Waals surface area contributed by atoms with Crippen LogP contribution in [0.4, 0.5) is 0 Å². The molecule has 0 aromatic heterocycles. The average Bonchev–Trinajstić information content (AvgIpc) is 2.51. The number of aryl methyl sites for hydroxylation is 3. The average molecular weight is 312 g/mol. The Kier molecular flexibility index (Phi) is 6.95. The fourth-order valence-corrected chi connectivity index (χ4v) is 3.55. The van der Waals surface area contributed by atoms with Crippen LogP contribution in [0.5, 0.6) is 0 Å². The molecule has 0 fully saturated rings. The molecule has 1 nitrogen and oxygen atoms in total. The zero-order chi connectivity index (χ0) is 16.7. The Morgan fingerprint density at radius 1 is 1.09 bits per heavy atom. The molecule has 1 aromatic carbocycles. The molecule has 23 heavy (non-hydrogen) atoms. The van der Waals surface area contributed by atoms with Crippen LogP contribution in [0.25, 0.3) is 0 Å². The van der Waals surface area contributed by atoms with E-state index in [4.69, 9.17) is 4.74 Å². The van der Waals surface area contributed by atoms with Crippen molar-refractivity contribution in [3.8, 4) is 0 Å². The highest BCUT2D eigenvalue weighted by atomic mass is 16.5. The normalized spacial score (nSPS) is 18.1. The van der Waals surface area contributed by atoms with Gasteiger partial charge in [-0.2, -0.15) is 0 Å². The summed E-state index contributed by atoms with van der Waals surface area (Å²) in [7, 11) is 0. The highest BCUT2D eigenvalue weighted by molar-refractivity contribution is 5.39. The number of unbranched alkanes of at least 4 members (excludes halogenated alkanes) is 4. The van der Waals surface area contributed by atoms with Crippen molar-refractivity contribution in [3.63, 3.8) is 0 Å². The van der Waals surface area contributed by atoms with E-state index in [-0.39, 0.29) is 6.10 Å². The van der Waals surface area contributed by atoms with E-state index in [0.29, 0.717) is 0 Å². The molecule has 0 radical (unpaired) electrons. The second-order valence-corrected chi connectivity index (χ2v) is 6.92. The Morgan fingerprint density at radius 2 is 1.83 bits per heavy atom. The highest BCUT2D eigenvalue weighted by Gasteiger charge is 2.20. The fourth-order valence-electron chi connectivity index (χ4n) is 3.55. The molecule has 0 N–H and O–H groups in total. The van der Waals surface area contributed by atoms with Crippen molar-refractivity contribution in [1.82, 2.24) is 0 Å². The molecule has 1 heterocycles. The number of ether oxygens (including phenoxy) is 1. The van der Waals surface area contributed by atoms with Crippen molar-refractivity contribution in [2.24, 2.45) is 0 Å². The largest absolute Gasteiger partial charge is 0.493 e. The first-order chi connectivity index (χ1) is 11.1. The predicted octanol–water partition coefficient (Wildman–Crippen LogP) is 6.87. The molecule has 0 amide bonds. The van der Waals surface area contributed by atoms with Gasteiger partial charge in [-0.05, 0) is 68.7 Å². The van der Waals surface area contributed by atoms with Crippen LogP contribution in [0.3, 0.4) is 0 Å². The summed E-state index contributed by atoms with van der Waals surface area (Å²) in [5, 5.41) is 0. The number of hydrogen-bond donors (Lipinski definition) is 0. The van der Waals surface area contributed by atoms with E-state index in [1.165, 1.54) is 59.9 Å². The van der Waals surface area contributed by atoms with Crippen molar-refractivity contribution in [3.05, 3.63) is 58.4 Å². The summed E-state index contributed by atoms with van der Waals surface area (Å²) in [6.07, 6.45) is 15.5. The van der Waals surface area contributed by atoms with Gasteiger partial charge in [0.1, 0.15) is 6.10 Å². The summed E-state index contributed by atoms with van der Waals surface area (Å²) >= 11 is 0. The van der Waals surface area contributed by atoms with Crippen LogP contribution in [0.15, 0.2) is 36.1 Å². The summed E-state index contributed by atoms with van der Waals surface area (Å²) in [4.78, 5) is 0. The van der Waals surface area contributed by atoms with Crippen molar-refractivity contribution in [2.75, 3.05) is 0 Å². The lowest BCUT2D eigenvalue weighted by Crippen LogP contribution is -2.10. The van der Waals surface area contributed by atoms with E-state index in [0.717, 1.165) is 12.8 Å². The maximum Gasteiger partial charge on any atom is 0.124 e. The molecule has 1 aromatic rings. The maximum absolute atomic E-state index is 6.06. The highest BCUT2D eigenvalue weighted by Crippen LogP contribution is 2.34. The molecule has 0 saturated heterocycles. The zero-order valence-electron chi connectivity index (χ0n) is 15.3. The summed E-state index contributed by atoms with van der Waals surface area (Å²) in [6, 6.07) is 4.53. The Hall–Kier alpha value is -1.50. The van der Waals surface area contributed by atoms with Gasteiger partial charge < -0.3 is 4.74 Å². The van der Waals surface area contributed by atoms with Crippen LogP contribution in [0.1, 0.15) is 80.2 Å². The van der Waals surface area contributed by atoms with Gasteiger partial charge in [-0.3, -0.25) is 0 Å². The van der Waals surface area contributed by atoms with Gasteiger partial charge in [-0.15, -0.1) is 0 Å². The summed E-state index contributed by atoms with van der Waals surface area (Å²) < 4.78 is 6.06. The molecule has 1 unspecified atom stereocenters. The van der Waals surface area contributed by atoms with Gasteiger partial charge in [0, 0.05) is 0 Å². The molecule has 1 aliphatic rings. The minimum absolute atomic E-state index is 0.220. The Morgan fingerprint density at radius 3 is 2.43 bits per heavy atom. The molecule has 0 aliphatic carbocycles. The van der Waals surface area contributed by atoms with Crippen LogP contribution in [0, 0.1) is 20.8 Å². The monoisotopic (exact) mass is 312 g/mol. The van der Waals surface area contributed by atoms with Crippen molar-refractivity contribution >= 4 is 0 Å². The lowest BCUT2D eigenvalue weighted by Gasteiger charge is -2.25. The lowest BCUT2D eigenvalue weighted by molar-refractivity contribution is 0.121. The minimum atomic E-state index is 0.220. The fraction of sp³-hybridized carbons (Fsp3) is 0.545. The second-order valence-electron chi connectivity index (χ2n) is 6.92. The first-order valence-corrected chi connectivity index (χ1v) is 9.20. The number of rotatable bonds is 7. The Balaban J connectivity index is 1.90. The predicted molar refractivity (Wildman–Crippen MR) is 99.7 cm³/mol. The van der Waals surface area contributed by atoms with Crippen LogP contribution in [-0.4, -0.2) is 0 Å². The smallest absolute Gasteiger partial charge is 0.124 e. The molecule has 0 saturated carbocycles. The molecule has 126 valence electrons. The molecule has 1 aliphatic heterocycles. The van der Waals surface area contributed by atoms with Crippen molar-refractivity contribution in [2.45, 2.75) is 78.7 Å². The summed E-state index contributed by atoms with van der Waals surface area (Å²) in [6.45, 7) is 8.82. The Labute approximate surface area is 142 Å². The first kappa shape index (κ1) is 17.8. The van der Waals surface area contributed by atoms with E-state index in [1.54, 1.807) is 0 Å². The van der Waals surface area contributed by atoms with E-state index in [2.05, 4.69) is 52.0 Å². The van der Waals surface area contributed by atoms with Gasteiger partial charge in [-0.1, -0.05) is 56.0 Å². The van der Waals surface area contributed by atoms with Crippen molar-refractivity contribution in [1.29, 1.82) is 0 Å². The minimum Gasteiger partial charge on any atom is -0.493 e. The third-order valence-electron chi connectivity index (χ3n) is 4.70. The number of allylic oxidation sites excluding steroid dienone is 3. The van der Waals surface area contributed by atoms with E-state index in [1.807, 2.05) is 6.26 Å². The SMILES string of the molecule is CCCCCC/C=C/C1=COC(c2c(C)cc(C)cc2C)CC1. The van der Waals surface area contributed by atoms with Gasteiger partial charge in [0.2, 0.25) is 0 Å². The van der Waals surface area contributed by atoms with Crippen LogP contribution >= 0.6 is 0 Å². The van der Waals surface area contributed by atoms with Gasteiger partial charge in [0.05, 0.1) is 6.26 Å². The third kappa shape index (κ3) is 5.27. The molecule has 0 bridgehead atoms. The Bertz CT molecular complexity index is 542. The second kappa shape index (κ2) is 8.96. The summed E-state index contributed by atoms with van der Waals surface area (Å²) in [5.74, 6) is 0. The lowest BCUT2D eigenvalue weighted by atomic mass is 9.91. The molecule has 0 spiro atoms. The number of benzene rings is 1. The topological polar surface area (TPSA) is 9.23 Å². The van der Waals surface area contributed by atoms with Crippen LogP contribution in [-0.2, 0) is 4.74 Å².